The molecule has 0 fully saturated rings. The van der Waals surface area contributed by atoms with Crippen LogP contribution < -0.4 is 5.32 Å². The summed E-state index contributed by atoms with van der Waals surface area (Å²) in [5.41, 5.74) is 2.15. The van der Waals surface area contributed by atoms with Gasteiger partial charge in [-0.3, -0.25) is 10.1 Å². The van der Waals surface area contributed by atoms with Crippen molar-refractivity contribution in [3.63, 3.8) is 0 Å². The highest BCUT2D eigenvalue weighted by molar-refractivity contribution is 6.32. The van der Waals surface area contributed by atoms with Gasteiger partial charge in [0.05, 0.1) is 4.92 Å². The first-order valence-corrected chi connectivity index (χ1v) is 7.22. The predicted octanol–water partition coefficient (Wildman–Crippen LogP) is 3.97. The lowest BCUT2D eigenvalue weighted by molar-refractivity contribution is -0.384. The van der Waals surface area contributed by atoms with Crippen molar-refractivity contribution in [2.45, 2.75) is 19.4 Å². The molecule has 0 aliphatic carbocycles. The van der Waals surface area contributed by atoms with Crippen LogP contribution >= 0.6 is 11.6 Å². The summed E-state index contributed by atoms with van der Waals surface area (Å²) in [4.78, 5) is 10.4. The average molecular weight is 305 g/mol. The van der Waals surface area contributed by atoms with Crippen LogP contribution in [0.5, 0.6) is 0 Å². The van der Waals surface area contributed by atoms with E-state index in [1.54, 1.807) is 12.1 Å². The van der Waals surface area contributed by atoms with Crippen LogP contribution in [0, 0.1) is 10.1 Å². The Bertz CT molecular complexity index is 602. The molecule has 0 atom stereocenters. The summed E-state index contributed by atoms with van der Waals surface area (Å²) in [5, 5.41) is 14.3. The van der Waals surface area contributed by atoms with E-state index in [0.717, 1.165) is 24.9 Å². The van der Waals surface area contributed by atoms with Crippen molar-refractivity contribution in [3.8, 4) is 0 Å². The Kier molecular flexibility index (Phi) is 5.72. The molecule has 1 N–H and O–H groups in total. The molecule has 0 saturated carbocycles. The molecule has 0 unspecified atom stereocenters. The molecular weight excluding hydrogens is 288 g/mol. The molecule has 21 heavy (non-hydrogen) atoms. The van der Waals surface area contributed by atoms with E-state index in [-0.39, 0.29) is 10.7 Å². The molecule has 2 aromatic carbocycles. The third-order valence-electron chi connectivity index (χ3n) is 3.20. The normalized spacial score (nSPS) is 10.5. The molecule has 2 aromatic rings. The summed E-state index contributed by atoms with van der Waals surface area (Å²) in [6, 6.07) is 15.2. The lowest BCUT2D eigenvalue weighted by Gasteiger charge is -2.06. The van der Waals surface area contributed by atoms with Crippen molar-refractivity contribution in [2.24, 2.45) is 0 Å². The van der Waals surface area contributed by atoms with Crippen LogP contribution in [0.3, 0.4) is 0 Å². The smallest absolute Gasteiger partial charge is 0.288 e. The van der Waals surface area contributed by atoms with Crippen LogP contribution in [0.4, 0.5) is 5.69 Å². The molecular formula is C16H17ClN2O2. The highest BCUT2D eigenvalue weighted by atomic mass is 35.5. The Hall–Kier alpha value is -1.91. The van der Waals surface area contributed by atoms with Gasteiger partial charge in [-0.15, -0.1) is 0 Å². The molecule has 0 aliphatic heterocycles. The monoisotopic (exact) mass is 304 g/mol. The molecule has 0 heterocycles. The number of nitro benzene ring substituents is 1. The zero-order valence-electron chi connectivity index (χ0n) is 11.6. The predicted molar refractivity (Wildman–Crippen MR) is 84.6 cm³/mol. The first-order chi connectivity index (χ1) is 10.2. The largest absolute Gasteiger partial charge is 0.313 e. The fourth-order valence-electron chi connectivity index (χ4n) is 2.10. The number of nitrogens with one attached hydrogen (secondary N) is 1. The number of benzene rings is 2. The van der Waals surface area contributed by atoms with Crippen molar-refractivity contribution in [2.75, 3.05) is 6.54 Å². The van der Waals surface area contributed by atoms with Crippen LogP contribution in [-0.2, 0) is 13.0 Å². The maximum Gasteiger partial charge on any atom is 0.288 e. The number of rotatable bonds is 7. The van der Waals surface area contributed by atoms with E-state index < -0.39 is 4.92 Å². The number of nitrogens with zero attached hydrogens (tertiary/aromatic N) is 1. The third kappa shape index (κ3) is 4.85. The van der Waals surface area contributed by atoms with Crippen molar-refractivity contribution in [1.82, 2.24) is 5.32 Å². The number of nitro groups is 1. The zero-order chi connectivity index (χ0) is 15.1. The molecule has 110 valence electrons. The maximum atomic E-state index is 10.8. The van der Waals surface area contributed by atoms with Crippen LogP contribution in [-0.4, -0.2) is 11.5 Å². The van der Waals surface area contributed by atoms with Gasteiger partial charge in [0.1, 0.15) is 5.02 Å². The summed E-state index contributed by atoms with van der Waals surface area (Å²) in [6.07, 6.45) is 2.05. The Labute approximate surface area is 128 Å². The van der Waals surface area contributed by atoms with Crippen molar-refractivity contribution < 1.29 is 4.92 Å². The minimum absolute atomic E-state index is 0.0414. The van der Waals surface area contributed by atoms with E-state index in [0.29, 0.717) is 6.54 Å². The summed E-state index contributed by atoms with van der Waals surface area (Å²) >= 11 is 5.78. The molecule has 4 nitrogen and oxygen atoms in total. The highest BCUT2D eigenvalue weighted by Gasteiger charge is 2.12. The first-order valence-electron chi connectivity index (χ1n) is 6.84. The van der Waals surface area contributed by atoms with Crippen LogP contribution in [0.1, 0.15) is 17.5 Å². The summed E-state index contributed by atoms with van der Waals surface area (Å²) in [7, 11) is 0. The molecule has 0 spiro atoms. The number of halogens is 1. The minimum atomic E-state index is -0.457. The standard InChI is InChI=1S/C16H17ClN2O2/c17-15-9-8-14(11-16(15)19(20)21)12-18-10-4-7-13-5-2-1-3-6-13/h1-3,5-6,8-9,11,18H,4,7,10,12H2. The molecule has 0 aromatic heterocycles. The average Bonchev–Trinajstić information content (AvgIpc) is 2.49. The lowest BCUT2D eigenvalue weighted by Crippen LogP contribution is -2.15. The van der Waals surface area contributed by atoms with Gasteiger partial charge in [-0.2, -0.15) is 0 Å². The van der Waals surface area contributed by atoms with E-state index in [4.69, 9.17) is 11.6 Å². The van der Waals surface area contributed by atoms with E-state index in [1.807, 2.05) is 18.2 Å². The number of hydrogen-bond acceptors (Lipinski definition) is 3. The number of aryl methyl sites for hydroxylation is 1. The second-order valence-electron chi connectivity index (χ2n) is 4.81. The third-order valence-corrected chi connectivity index (χ3v) is 3.52. The lowest BCUT2D eigenvalue weighted by atomic mass is 10.1. The quantitative estimate of drug-likeness (QED) is 0.478. The van der Waals surface area contributed by atoms with Gasteiger partial charge >= 0.3 is 0 Å². The van der Waals surface area contributed by atoms with E-state index in [1.165, 1.54) is 11.6 Å². The van der Waals surface area contributed by atoms with Gasteiger partial charge in [-0.25, -0.2) is 0 Å². The summed E-state index contributed by atoms with van der Waals surface area (Å²) in [6.45, 7) is 1.47. The van der Waals surface area contributed by atoms with Gasteiger partial charge in [0.25, 0.3) is 5.69 Å². The van der Waals surface area contributed by atoms with Crippen LogP contribution in [0.2, 0.25) is 5.02 Å². The Balaban J connectivity index is 1.76. The van der Waals surface area contributed by atoms with Gasteiger partial charge in [0.2, 0.25) is 0 Å². The second kappa shape index (κ2) is 7.76. The molecule has 0 radical (unpaired) electrons. The van der Waals surface area contributed by atoms with E-state index in [9.17, 15) is 10.1 Å². The molecule has 2 rings (SSSR count). The fourth-order valence-corrected chi connectivity index (χ4v) is 2.29. The van der Waals surface area contributed by atoms with Gasteiger partial charge in [-0.1, -0.05) is 48.0 Å². The summed E-state index contributed by atoms with van der Waals surface area (Å²) in [5.74, 6) is 0. The topological polar surface area (TPSA) is 55.2 Å². The zero-order valence-corrected chi connectivity index (χ0v) is 12.3. The number of hydrogen-bond donors (Lipinski definition) is 1. The Morgan fingerprint density at radius 1 is 1.10 bits per heavy atom. The van der Waals surface area contributed by atoms with Crippen LogP contribution in [0.25, 0.3) is 0 Å². The first kappa shape index (κ1) is 15.5. The Morgan fingerprint density at radius 2 is 1.86 bits per heavy atom. The van der Waals surface area contributed by atoms with Gasteiger partial charge < -0.3 is 5.32 Å². The SMILES string of the molecule is O=[N+]([O-])c1cc(CNCCCc2ccccc2)ccc1Cl. The van der Waals surface area contributed by atoms with Crippen LogP contribution in [0.15, 0.2) is 48.5 Å². The van der Waals surface area contributed by atoms with Crippen molar-refractivity contribution >= 4 is 17.3 Å². The highest BCUT2D eigenvalue weighted by Crippen LogP contribution is 2.24. The molecule has 0 bridgehead atoms. The Morgan fingerprint density at radius 3 is 2.57 bits per heavy atom. The van der Waals surface area contributed by atoms with Gasteiger partial charge in [-0.05, 0) is 36.6 Å². The van der Waals surface area contributed by atoms with E-state index in [2.05, 4.69) is 17.4 Å². The van der Waals surface area contributed by atoms with Gasteiger partial charge in [0, 0.05) is 12.6 Å². The summed E-state index contributed by atoms with van der Waals surface area (Å²) < 4.78 is 0. The second-order valence-corrected chi connectivity index (χ2v) is 5.22. The molecule has 0 aliphatic rings. The van der Waals surface area contributed by atoms with E-state index >= 15 is 0 Å². The van der Waals surface area contributed by atoms with Crippen molar-refractivity contribution in [3.05, 3.63) is 74.8 Å². The molecule has 5 heteroatoms. The molecule has 0 saturated heterocycles. The van der Waals surface area contributed by atoms with Gasteiger partial charge in [0.15, 0.2) is 0 Å². The molecule has 0 amide bonds. The maximum absolute atomic E-state index is 10.8. The van der Waals surface area contributed by atoms with Crippen molar-refractivity contribution in [1.29, 1.82) is 0 Å². The fraction of sp³-hybridized carbons (Fsp3) is 0.250. The minimum Gasteiger partial charge on any atom is -0.313 e.